The standard InChI is InChI=1S/C13H18N2O4S/c16-13(17)6-9-20(18,19)14-11-4-3-5-12(10-11)15-7-1-2-8-15/h3-5,10,14H,1-2,6-9H2,(H,16,17). The normalized spacial score (nSPS) is 15.3. The minimum atomic E-state index is -3.62. The Bertz CT molecular complexity index is 580. The topological polar surface area (TPSA) is 86.7 Å². The van der Waals surface area contributed by atoms with Crippen LogP contribution in [0.25, 0.3) is 0 Å². The molecular formula is C13H18N2O4S. The molecular weight excluding hydrogens is 280 g/mol. The van der Waals surface area contributed by atoms with E-state index in [1.54, 1.807) is 18.2 Å². The highest BCUT2D eigenvalue weighted by Gasteiger charge is 2.15. The van der Waals surface area contributed by atoms with E-state index >= 15 is 0 Å². The molecule has 0 aliphatic carbocycles. The Morgan fingerprint density at radius 3 is 2.65 bits per heavy atom. The molecule has 20 heavy (non-hydrogen) atoms. The van der Waals surface area contributed by atoms with Crippen molar-refractivity contribution in [3.63, 3.8) is 0 Å². The van der Waals surface area contributed by atoms with Gasteiger partial charge in [-0.25, -0.2) is 8.42 Å². The summed E-state index contributed by atoms with van der Waals surface area (Å²) in [5, 5.41) is 8.53. The molecule has 0 unspecified atom stereocenters. The van der Waals surface area contributed by atoms with Crippen LogP contribution >= 0.6 is 0 Å². The Hall–Kier alpha value is -1.76. The summed E-state index contributed by atoms with van der Waals surface area (Å²) < 4.78 is 25.9. The minimum absolute atomic E-state index is 0.402. The lowest BCUT2D eigenvalue weighted by molar-refractivity contribution is -0.136. The van der Waals surface area contributed by atoms with Crippen LogP contribution in [0, 0.1) is 0 Å². The first kappa shape index (κ1) is 14.6. The van der Waals surface area contributed by atoms with Gasteiger partial charge in [0.1, 0.15) is 0 Å². The monoisotopic (exact) mass is 298 g/mol. The van der Waals surface area contributed by atoms with Crippen LogP contribution in [-0.2, 0) is 14.8 Å². The van der Waals surface area contributed by atoms with Crippen molar-refractivity contribution in [3.05, 3.63) is 24.3 Å². The molecule has 1 fully saturated rings. The molecule has 1 aromatic rings. The first-order chi connectivity index (χ1) is 9.46. The molecule has 0 bridgehead atoms. The predicted molar refractivity (Wildman–Crippen MR) is 77.6 cm³/mol. The molecule has 0 atom stereocenters. The number of hydrogen-bond acceptors (Lipinski definition) is 4. The molecule has 0 aromatic heterocycles. The zero-order chi connectivity index (χ0) is 14.6. The molecule has 1 saturated heterocycles. The number of carbonyl (C=O) groups is 1. The molecule has 0 saturated carbocycles. The number of sulfonamides is 1. The molecule has 1 aliphatic heterocycles. The van der Waals surface area contributed by atoms with Crippen molar-refractivity contribution in [1.82, 2.24) is 0 Å². The maximum Gasteiger partial charge on any atom is 0.304 e. The van der Waals surface area contributed by atoms with Crippen molar-refractivity contribution >= 4 is 27.4 Å². The lowest BCUT2D eigenvalue weighted by Crippen LogP contribution is -2.20. The summed E-state index contributed by atoms with van der Waals surface area (Å²) in [6.45, 7) is 1.96. The number of rotatable bonds is 6. The van der Waals surface area contributed by atoms with E-state index in [4.69, 9.17) is 5.11 Å². The Labute approximate surface area is 118 Å². The van der Waals surface area contributed by atoms with E-state index in [0.29, 0.717) is 5.69 Å². The van der Waals surface area contributed by atoms with Crippen LogP contribution in [0.3, 0.4) is 0 Å². The van der Waals surface area contributed by atoms with Gasteiger partial charge < -0.3 is 10.0 Å². The van der Waals surface area contributed by atoms with Crippen LogP contribution in [0.1, 0.15) is 19.3 Å². The highest BCUT2D eigenvalue weighted by Crippen LogP contribution is 2.23. The van der Waals surface area contributed by atoms with Crippen molar-refractivity contribution in [2.45, 2.75) is 19.3 Å². The number of benzene rings is 1. The van der Waals surface area contributed by atoms with Crippen LogP contribution in [0.4, 0.5) is 11.4 Å². The molecule has 0 amide bonds. The molecule has 0 radical (unpaired) electrons. The zero-order valence-corrected chi connectivity index (χ0v) is 11.9. The lowest BCUT2D eigenvalue weighted by atomic mass is 10.2. The number of anilines is 2. The third-order valence-corrected chi connectivity index (χ3v) is 4.46. The summed E-state index contributed by atoms with van der Waals surface area (Å²) in [7, 11) is -3.62. The van der Waals surface area contributed by atoms with E-state index in [9.17, 15) is 13.2 Å². The van der Waals surface area contributed by atoms with Gasteiger partial charge in [-0.3, -0.25) is 9.52 Å². The Morgan fingerprint density at radius 1 is 1.30 bits per heavy atom. The van der Waals surface area contributed by atoms with Gasteiger partial charge in [0.05, 0.1) is 17.9 Å². The van der Waals surface area contributed by atoms with Gasteiger partial charge in [0.2, 0.25) is 10.0 Å². The SMILES string of the molecule is O=C(O)CCS(=O)(=O)Nc1cccc(N2CCCC2)c1. The zero-order valence-electron chi connectivity index (χ0n) is 11.1. The number of carboxylic acids is 1. The second-order valence-electron chi connectivity index (χ2n) is 4.81. The van der Waals surface area contributed by atoms with Gasteiger partial charge in [0, 0.05) is 18.8 Å². The van der Waals surface area contributed by atoms with Gasteiger partial charge >= 0.3 is 5.97 Å². The van der Waals surface area contributed by atoms with Crippen LogP contribution < -0.4 is 9.62 Å². The first-order valence-corrected chi connectivity index (χ1v) is 8.19. The molecule has 2 rings (SSSR count). The van der Waals surface area contributed by atoms with Crippen molar-refractivity contribution in [1.29, 1.82) is 0 Å². The number of carboxylic acid groups (broad SMARTS) is 1. The van der Waals surface area contributed by atoms with Crippen molar-refractivity contribution in [2.24, 2.45) is 0 Å². The Kier molecular flexibility index (Phi) is 4.49. The van der Waals surface area contributed by atoms with Crippen LogP contribution in [-0.4, -0.2) is 38.3 Å². The maximum atomic E-state index is 11.7. The van der Waals surface area contributed by atoms with Crippen LogP contribution in [0.2, 0.25) is 0 Å². The molecule has 1 aliphatic rings. The molecule has 2 N–H and O–H groups in total. The number of nitrogens with zero attached hydrogens (tertiary/aromatic N) is 1. The van der Waals surface area contributed by atoms with Crippen LogP contribution in [0.15, 0.2) is 24.3 Å². The predicted octanol–water partition coefficient (Wildman–Crippen LogP) is 1.50. The fourth-order valence-corrected chi connectivity index (χ4v) is 3.23. The molecule has 1 aromatic carbocycles. The van der Waals surface area contributed by atoms with Gasteiger partial charge in [-0.15, -0.1) is 0 Å². The van der Waals surface area contributed by atoms with Gasteiger partial charge in [-0.2, -0.15) is 0 Å². The molecule has 7 heteroatoms. The third-order valence-electron chi connectivity index (χ3n) is 3.18. The van der Waals surface area contributed by atoms with E-state index in [0.717, 1.165) is 31.6 Å². The fraction of sp³-hybridized carbons (Fsp3) is 0.462. The van der Waals surface area contributed by atoms with E-state index in [-0.39, 0.29) is 0 Å². The van der Waals surface area contributed by atoms with E-state index in [1.807, 2.05) is 6.07 Å². The quantitative estimate of drug-likeness (QED) is 0.831. The molecule has 110 valence electrons. The van der Waals surface area contributed by atoms with Gasteiger partial charge in [0.15, 0.2) is 0 Å². The average Bonchev–Trinajstić information content (AvgIpc) is 2.90. The second-order valence-corrected chi connectivity index (χ2v) is 6.65. The van der Waals surface area contributed by atoms with E-state index < -0.39 is 28.2 Å². The van der Waals surface area contributed by atoms with Crippen molar-refractivity contribution < 1.29 is 18.3 Å². The van der Waals surface area contributed by atoms with E-state index in [1.165, 1.54) is 0 Å². The van der Waals surface area contributed by atoms with E-state index in [2.05, 4.69) is 9.62 Å². The molecule has 6 nitrogen and oxygen atoms in total. The highest BCUT2D eigenvalue weighted by atomic mass is 32.2. The van der Waals surface area contributed by atoms with Gasteiger partial charge in [-0.1, -0.05) is 6.07 Å². The first-order valence-electron chi connectivity index (χ1n) is 6.53. The summed E-state index contributed by atoms with van der Waals surface area (Å²) in [6, 6.07) is 7.19. The third kappa shape index (κ3) is 4.12. The summed E-state index contributed by atoms with van der Waals surface area (Å²) in [5.41, 5.74) is 1.46. The fourth-order valence-electron chi connectivity index (χ4n) is 2.19. The highest BCUT2D eigenvalue weighted by molar-refractivity contribution is 7.92. The minimum Gasteiger partial charge on any atom is -0.481 e. The van der Waals surface area contributed by atoms with Gasteiger partial charge in [-0.05, 0) is 31.0 Å². The summed E-state index contributed by atoms with van der Waals surface area (Å²) in [6.07, 6.45) is 1.89. The maximum absolute atomic E-state index is 11.7. The number of hydrogen-bond donors (Lipinski definition) is 2. The smallest absolute Gasteiger partial charge is 0.304 e. The number of aliphatic carboxylic acids is 1. The summed E-state index contributed by atoms with van der Waals surface area (Å²) in [5.74, 6) is -1.54. The summed E-state index contributed by atoms with van der Waals surface area (Å²) in [4.78, 5) is 12.6. The van der Waals surface area contributed by atoms with Crippen molar-refractivity contribution in [3.8, 4) is 0 Å². The summed E-state index contributed by atoms with van der Waals surface area (Å²) >= 11 is 0. The average molecular weight is 298 g/mol. The Balaban J connectivity index is 2.05. The van der Waals surface area contributed by atoms with Crippen LogP contribution in [0.5, 0.6) is 0 Å². The molecule has 0 spiro atoms. The lowest BCUT2D eigenvalue weighted by Gasteiger charge is -2.18. The second kappa shape index (κ2) is 6.13. The van der Waals surface area contributed by atoms with Crippen molar-refractivity contribution in [2.75, 3.05) is 28.5 Å². The molecule has 1 heterocycles. The number of nitrogens with one attached hydrogen (secondary N) is 1. The largest absolute Gasteiger partial charge is 0.481 e. The van der Waals surface area contributed by atoms with Gasteiger partial charge in [0.25, 0.3) is 0 Å². The Morgan fingerprint density at radius 2 is 2.00 bits per heavy atom.